The fourth-order valence-electron chi connectivity index (χ4n) is 0.102. The van der Waals surface area contributed by atoms with Crippen LogP contribution in [0.4, 0.5) is 0 Å². The molecule has 0 rings (SSSR count). The molecule has 0 heterocycles. The molecule has 0 spiro atoms. The number of hydrogen-bond acceptors (Lipinski definition) is 7. The van der Waals surface area contributed by atoms with Gasteiger partial charge in [0, 0.05) is 0 Å². The predicted molar refractivity (Wildman–Crippen MR) is 68.4 cm³/mol. The summed E-state index contributed by atoms with van der Waals surface area (Å²) in [7, 11) is 6.14. The Balaban J connectivity index is -0.000000219. The van der Waals surface area contributed by atoms with Gasteiger partial charge in [-0.05, 0) is 0 Å². The highest BCUT2D eigenvalue weighted by Crippen LogP contribution is 1.91. The van der Waals surface area contributed by atoms with E-state index in [-0.39, 0.29) is 0 Å². The number of quaternary nitrogens is 2. The zero-order chi connectivity index (χ0) is 16.7. The van der Waals surface area contributed by atoms with Gasteiger partial charge >= 0.3 is 0 Å². The second kappa shape index (κ2) is 8.09. The Bertz CT molecular complexity index is 375. The average molecular weight is 324 g/mol. The summed E-state index contributed by atoms with van der Waals surface area (Å²) >= 11 is 0. The average Bonchev–Trinajstić information content (AvgIpc) is 1.63. The lowest BCUT2D eigenvalue weighted by molar-refractivity contribution is -0.849. The Kier molecular flexibility index (Phi) is 10.1. The molecule has 120 valence electrons. The van der Waals surface area contributed by atoms with Crippen LogP contribution in [0.3, 0.4) is 0 Å². The third-order valence-corrected chi connectivity index (χ3v) is 1.50. The van der Waals surface area contributed by atoms with E-state index in [4.69, 9.17) is 0 Å². The Labute approximate surface area is 116 Å². The summed E-state index contributed by atoms with van der Waals surface area (Å²) in [4.78, 5) is 0. The van der Waals surface area contributed by atoms with E-state index in [2.05, 4.69) is 60.0 Å². The fourth-order valence-corrected chi connectivity index (χ4v) is 0.919. The minimum absolute atomic E-state index is 1.00. The normalized spacial score (nSPS) is 12.7. The maximum absolute atomic E-state index is 9.29. The Morgan fingerprint density at radius 2 is 0.737 bits per heavy atom. The molecular weight excluding hydrogens is 300 g/mol. The molecule has 0 aliphatic heterocycles. The van der Waals surface area contributed by atoms with Crippen LogP contribution in [0.2, 0.25) is 0 Å². The van der Waals surface area contributed by atoms with Gasteiger partial charge in [-0.3, -0.25) is 0 Å². The van der Waals surface area contributed by atoms with Gasteiger partial charge in [0.25, 0.3) is 0 Å². The van der Waals surface area contributed by atoms with Crippen molar-refractivity contribution in [2.24, 2.45) is 0 Å². The molecule has 11 heteroatoms. The first-order valence-electron chi connectivity index (χ1n) is 4.91. The number of nitrogens with zero attached hydrogens (tertiary/aromatic N) is 2. The maximum Gasteiger partial charge on any atom is 0.231 e. The molecule has 0 unspecified atom stereocenters. The summed E-state index contributed by atoms with van der Waals surface area (Å²) < 4.78 is 60.2. The summed E-state index contributed by atoms with van der Waals surface area (Å²) in [6.45, 7) is 0. The summed E-state index contributed by atoms with van der Waals surface area (Å²) in [5.41, 5.74) is 0. The van der Waals surface area contributed by atoms with Crippen molar-refractivity contribution in [2.45, 2.75) is 0 Å². The molecule has 0 fully saturated rings. The van der Waals surface area contributed by atoms with Gasteiger partial charge in [0.15, 0.2) is 0 Å². The van der Waals surface area contributed by atoms with Crippen LogP contribution < -0.4 is 0 Å². The lowest BCUT2D eigenvalue weighted by atomic mass is 10.8. The molecule has 0 radical (unpaired) electrons. The smallest absolute Gasteiger partial charge is 0.231 e. The lowest BCUT2D eigenvalue weighted by Gasteiger charge is -2.14. The van der Waals surface area contributed by atoms with Crippen LogP contribution >= 0.6 is 0 Å². The Hall–Kier alpha value is -0.300. The Morgan fingerprint density at radius 1 is 0.632 bits per heavy atom. The van der Waals surface area contributed by atoms with Crippen LogP contribution in [0.1, 0.15) is 0 Å². The highest BCUT2D eigenvalue weighted by Gasteiger charge is 1.99. The molecule has 0 aromatic heterocycles. The molecule has 0 aromatic rings. The van der Waals surface area contributed by atoms with Gasteiger partial charge in [0.1, 0.15) is 0 Å². The van der Waals surface area contributed by atoms with E-state index in [1.807, 2.05) is 0 Å². The van der Waals surface area contributed by atoms with Crippen molar-refractivity contribution in [3.63, 3.8) is 0 Å². The first-order chi connectivity index (χ1) is 7.71. The van der Waals surface area contributed by atoms with Crippen molar-refractivity contribution in [2.75, 3.05) is 56.4 Å². The van der Waals surface area contributed by atoms with E-state index in [0.717, 1.165) is 8.97 Å². The van der Waals surface area contributed by atoms with E-state index in [9.17, 15) is 25.9 Å². The van der Waals surface area contributed by atoms with Crippen LogP contribution in [0, 0.1) is 0 Å². The monoisotopic (exact) mass is 324 g/mol. The summed E-state index contributed by atoms with van der Waals surface area (Å²) in [6.07, 6.45) is 0. The highest BCUT2D eigenvalue weighted by atomic mass is 32.3. The molecule has 0 aliphatic rings. The largest absolute Gasteiger partial charge is 0.725 e. The zero-order valence-electron chi connectivity index (χ0n) is 12.6. The summed E-state index contributed by atoms with van der Waals surface area (Å²) in [5, 5.41) is 0. The topological polar surface area (TPSA) is 124 Å². The van der Waals surface area contributed by atoms with Gasteiger partial charge in [-0.2, -0.15) is 3.63 Å². The predicted octanol–water partition coefficient (Wildman–Crippen LogP) is -1.43. The molecule has 9 nitrogen and oxygen atoms in total. The van der Waals surface area contributed by atoms with Crippen molar-refractivity contribution >= 4 is 20.8 Å². The quantitative estimate of drug-likeness (QED) is 0.346. The minimum atomic E-state index is -5.43. The molecule has 19 heavy (non-hydrogen) atoms. The second-order valence-electron chi connectivity index (χ2n) is 6.25. The standard InChI is InChI=1S/2C4H12N.H2O7S2/c2*1-5(2,3)4;1-8(2,3)7-9(4,5)6/h2*1-4H3;(H,1,2,3)(H,4,5,6)/q2*+1;/p-2. The minimum Gasteiger partial charge on any atom is -0.725 e. The van der Waals surface area contributed by atoms with Crippen LogP contribution in [0.5, 0.6) is 0 Å². The molecule has 0 amide bonds. The van der Waals surface area contributed by atoms with E-state index in [0.29, 0.717) is 0 Å². The molecule has 0 bridgehead atoms. The van der Waals surface area contributed by atoms with Gasteiger partial charge < -0.3 is 18.1 Å². The second-order valence-corrected chi connectivity index (χ2v) is 8.43. The SMILES string of the molecule is C[N+](C)(C)C.C[N+](C)(C)C.O=S(=O)([O-])OS(=O)(=O)[O-]. The highest BCUT2D eigenvalue weighted by molar-refractivity contribution is 7.94. The van der Waals surface area contributed by atoms with E-state index in [1.54, 1.807) is 0 Å². The zero-order valence-corrected chi connectivity index (χ0v) is 14.2. The molecule has 0 atom stereocenters. The fraction of sp³-hybridized carbons (Fsp3) is 1.00. The summed E-state index contributed by atoms with van der Waals surface area (Å²) in [6, 6.07) is 0. The summed E-state index contributed by atoms with van der Waals surface area (Å²) in [5.74, 6) is 0. The van der Waals surface area contributed by atoms with Gasteiger partial charge in [0.05, 0.1) is 56.4 Å². The van der Waals surface area contributed by atoms with Crippen LogP contribution in [0.25, 0.3) is 0 Å². The van der Waals surface area contributed by atoms with Gasteiger partial charge in [0.2, 0.25) is 20.8 Å². The van der Waals surface area contributed by atoms with E-state index < -0.39 is 20.8 Å². The van der Waals surface area contributed by atoms with Crippen molar-refractivity contribution in [1.29, 1.82) is 0 Å². The Morgan fingerprint density at radius 3 is 0.737 bits per heavy atom. The first kappa shape index (κ1) is 23.8. The van der Waals surface area contributed by atoms with Gasteiger partial charge in [-0.1, -0.05) is 0 Å². The van der Waals surface area contributed by atoms with E-state index >= 15 is 0 Å². The maximum atomic E-state index is 9.29. The third-order valence-electron chi connectivity index (χ3n) is 0.167. The van der Waals surface area contributed by atoms with Gasteiger partial charge in [-0.25, -0.2) is 16.8 Å². The van der Waals surface area contributed by atoms with Crippen LogP contribution in [-0.4, -0.2) is 91.3 Å². The molecule has 0 saturated heterocycles. The number of hydrogen-bond donors (Lipinski definition) is 0. The third kappa shape index (κ3) is 134. The first-order valence-corrected chi connectivity index (χ1v) is 7.58. The van der Waals surface area contributed by atoms with E-state index in [1.165, 1.54) is 0 Å². The molecule has 0 saturated carbocycles. The van der Waals surface area contributed by atoms with Crippen molar-refractivity contribution in [3.8, 4) is 0 Å². The number of rotatable bonds is 2. The molecule has 0 N–H and O–H groups in total. The van der Waals surface area contributed by atoms with Crippen molar-refractivity contribution in [1.82, 2.24) is 0 Å². The van der Waals surface area contributed by atoms with Gasteiger partial charge in [-0.15, -0.1) is 0 Å². The van der Waals surface area contributed by atoms with Crippen LogP contribution in [0.15, 0.2) is 0 Å². The molecular formula is C8H24N2O7S2. The van der Waals surface area contributed by atoms with Crippen molar-refractivity contribution in [3.05, 3.63) is 0 Å². The lowest BCUT2D eigenvalue weighted by Crippen LogP contribution is -2.27. The molecule has 0 aromatic carbocycles. The van der Waals surface area contributed by atoms with Crippen molar-refractivity contribution < 1.29 is 38.5 Å². The molecule has 0 aliphatic carbocycles. The van der Waals surface area contributed by atoms with Crippen LogP contribution in [-0.2, 0) is 24.4 Å².